The number of carboxylic acids is 1. The summed E-state index contributed by atoms with van der Waals surface area (Å²) in [6.07, 6.45) is 1.68. The van der Waals surface area contributed by atoms with Gasteiger partial charge in [-0.3, -0.25) is 0 Å². The maximum absolute atomic E-state index is 10.7. The molecule has 0 unspecified atom stereocenters. The number of hydrogen-bond donors (Lipinski definition) is 2. The zero-order chi connectivity index (χ0) is 9.42. The van der Waals surface area contributed by atoms with Gasteiger partial charge in [0.05, 0.1) is 0 Å². The van der Waals surface area contributed by atoms with E-state index in [2.05, 4.69) is 20.9 Å². The van der Waals surface area contributed by atoms with Crippen LogP contribution in [0.1, 0.15) is 10.5 Å². The molecule has 13 heavy (non-hydrogen) atoms. The topological polar surface area (TPSA) is 53.1 Å². The third-order valence-corrected chi connectivity index (χ3v) is 2.36. The Morgan fingerprint density at radius 3 is 2.92 bits per heavy atom. The van der Waals surface area contributed by atoms with Crippen molar-refractivity contribution >= 4 is 32.7 Å². The minimum Gasteiger partial charge on any atom is -0.477 e. The van der Waals surface area contributed by atoms with E-state index in [9.17, 15) is 4.79 Å². The molecule has 2 rings (SSSR count). The Bertz CT molecular complexity index is 475. The van der Waals surface area contributed by atoms with Crippen molar-refractivity contribution < 1.29 is 9.90 Å². The molecular formula is C9H6BrNO2. The van der Waals surface area contributed by atoms with Crippen molar-refractivity contribution in [3.63, 3.8) is 0 Å². The molecule has 2 N–H and O–H groups in total. The first kappa shape index (κ1) is 8.31. The van der Waals surface area contributed by atoms with E-state index in [1.165, 1.54) is 0 Å². The average molecular weight is 240 g/mol. The highest BCUT2D eigenvalue weighted by Gasteiger charge is 2.09. The van der Waals surface area contributed by atoms with E-state index in [1.54, 1.807) is 12.3 Å². The van der Waals surface area contributed by atoms with E-state index in [0.29, 0.717) is 0 Å². The number of hydrogen-bond acceptors (Lipinski definition) is 1. The Morgan fingerprint density at radius 1 is 1.46 bits per heavy atom. The predicted octanol–water partition coefficient (Wildman–Crippen LogP) is 2.63. The van der Waals surface area contributed by atoms with Gasteiger partial charge < -0.3 is 10.1 Å². The van der Waals surface area contributed by atoms with Crippen LogP contribution in [0.4, 0.5) is 0 Å². The van der Waals surface area contributed by atoms with Gasteiger partial charge in [0.2, 0.25) is 0 Å². The quantitative estimate of drug-likeness (QED) is 0.804. The molecule has 0 spiro atoms. The third kappa shape index (κ3) is 1.33. The van der Waals surface area contributed by atoms with Gasteiger partial charge in [0.25, 0.3) is 0 Å². The van der Waals surface area contributed by atoms with Crippen molar-refractivity contribution in [3.8, 4) is 0 Å². The molecule has 0 aliphatic heterocycles. The summed E-state index contributed by atoms with van der Waals surface area (Å²) in [4.78, 5) is 13.4. The van der Waals surface area contributed by atoms with Crippen LogP contribution < -0.4 is 0 Å². The number of aromatic nitrogens is 1. The van der Waals surface area contributed by atoms with Gasteiger partial charge in [0, 0.05) is 21.4 Å². The van der Waals surface area contributed by atoms with Gasteiger partial charge in [-0.2, -0.15) is 0 Å². The molecule has 1 heterocycles. The lowest BCUT2D eigenvalue weighted by Crippen LogP contribution is -1.95. The molecule has 66 valence electrons. The summed E-state index contributed by atoms with van der Waals surface area (Å²) in [5.74, 6) is -0.933. The lowest BCUT2D eigenvalue weighted by molar-refractivity contribution is 0.0693. The van der Waals surface area contributed by atoms with E-state index in [4.69, 9.17) is 5.11 Å². The fraction of sp³-hybridized carbons (Fsp3) is 0. The Kier molecular flexibility index (Phi) is 1.84. The minimum absolute atomic E-state index is 0.238. The molecule has 0 amide bonds. The highest BCUT2D eigenvalue weighted by Crippen LogP contribution is 2.22. The Balaban J connectivity index is 2.76. The fourth-order valence-electron chi connectivity index (χ4n) is 1.29. The number of aromatic amines is 1. The number of H-pyrrole nitrogens is 1. The fourth-order valence-corrected chi connectivity index (χ4v) is 1.66. The van der Waals surface area contributed by atoms with E-state index in [1.807, 2.05) is 12.1 Å². The number of carbonyl (C=O) groups is 1. The summed E-state index contributed by atoms with van der Waals surface area (Å²) in [6.45, 7) is 0. The standard InChI is InChI=1S/C9H6BrNO2/c10-6-1-2-7-5(3-6)4-11-8(7)9(12)13/h1-4,11H,(H,12,13). The molecule has 0 saturated carbocycles. The Morgan fingerprint density at radius 2 is 2.23 bits per heavy atom. The number of nitrogens with one attached hydrogen (secondary N) is 1. The lowest BCUT2D eigenvalue weighted by Gasteiger charge is -1.92. The number of benzene rings is 1. The second-order valence-electron chi connectivity index (χ2n) is 2.70. The summed E-state index contributed by atoms with van der Waals surface area (Å²) < 4.78 is 0.941. The first-order valence-electron chi connectivity index (χ1n) is 3.68. The SMILES string of the molecule is O=C(O)c1[nH]cc2cc(Br)ccc12. The first-order chi connectivity index (χ1) is 6.18. The van der Waals surface area contributed by atoms with E-state index < -0.39 is 5.97 Å². The molecule has 4 heteroatoms. The molecule has 1 aromatic heterocycles. The van der Waals surface area contributed by atoms with Crippen molar-refractivity contribution in [3.05, 3.63) is 34.6 Å². The average Bonchev–Trinajstić information content (AvgIpc) is 2.46. The number of aromatic carboxylic acids is 1. The molecule has 0 radical (unpaired) electrons. The van der Waals surface area contributed by atoms with Crippen molar-refractivity contribution in [2.45, 2.75) is 0 Å². The van der Waals surface area contributed by atoms with Crippen LogP contribution in [0.15, 0.2) is 28.9 Å². The van der Waals surface area contributed by atoms with Gasteiger partial charge in [-0.15, -0.1) is 0 Å². The molecule has 0 aliphatic rings. The smallest absolute Gasteiger partial charge is 0.352 e. The zero-order valence-electron chi connectivity index (χ0n) is 6.54. The van der Waals surface area contributed by atoms with Crippen LogP contribution in [-0.2, 0) is 0 Å². The molecule has 0 bridgehead atoms. The molecule has 0 fully saturated rings. The Hall–Kier alpha value is -1.29. The summed E-state index contributed by atoms with van der Waals surface area (Å²) in [6, 6.07) is 5.47. The second kappa shape index (κ2) is 2.88. The summed E-state index contributed by atoms with van der Waals surface area (Å²) in [7, 11) is 0. The minimum atomic E-state index is -0.933. The highest BCUT2D eigenvalue weighted by atomic mass is 79.9. The normalized spacial score (nSPS) is 10.5. The van der Waals surface area contributed by atoms with Crippen LogP contribution >= 0.6 is 15.9 Å². The van der Waals surface area contributed by atoms with Gasteiger partial charge in [-0.25, -0.2) is 4.79 Å². The first-order valence-corrected chi connectivity index (χ1v) is 4.48. The summed E-state index contributed by atoms with van der Waals surface area (Å²) in [5.41, 5.74) is 0.238. The second-order valence-corrected chi connectivity index (χ2v) is 3.62. The largest absolute Gasteiger partial charge is 0.477 e. The van der Waals surface area contributed by atoms with Crippen LogP contribution in [0.5, 0.6) is 0 Å². The predicted molar refractivity (Wildman–Crippen MR) is 53.0 cm³/mol. The summed E-state index contributed by atoms with van der Waals surface area (Å²) in [5, 5.41) is 10.4. The maximum Gasteiger partial charge on any atom is 0.352 e. The number of fused-ring (bicyclic) bond motifs is 1. The van der Waals surface area contributed by atoms with Crippen LogP contribution in [0.3, 0.4) is 0 Å². The van der Waals surface area contributed by atoms with Crippen molar-refractivity contribution in [2.75, 3.05) is 0 Å². The molecule has 0 atom stereocenters. The number of rotatable bonds is 1. The molecule has 0 saturated heterocycles. The van der Waals surface area contributed by atoms with E-state index in [0.717, 1.165) is 15.2 Å². The van der Waals surface area contributed by atoms with E-state index >= 15 is 0 Å². The van der Waals surface area contributed by atoms with Gasteiger partial charge in [-0.1, -0.05) is 22.0 Å². The third-order valence-electron chi connectivity index (χ3n) is 1.87. The van der Waals surface area contributed by atoms with Gasteiger partial charge in [0.1, 0.15) is 5.69 Å². The Labute approximate surface area is 82.5 Å². The van der Waals surface area contributed by atoms with Crippen molar-refractivity contribution in [1.29, 1.82) is 0 Å². The van der Waals surface area contributed by atoms with Crippen molar-refractivity contribution in [1.82, 2.24) is 4.98 Å². The van der Waals surface area contributed by atoms with Crippen LogP contribution in [-0.4, -0.2) is 16.1 Å². The highest BCUT2D eigenvalue weighted by molar-refractivity contribution is 9.10. The number of halogens is 1. The lowest BCUT2D eigenvalue weighted by atomic mass is 10.2. The monoisotopic (exact) mass is 239 g/mol. The van der Waals surface area contributed by atoms with Gasteiger partial charge in [0.15, 0.2) is 0 Å². The van der Waals surface area contributed by atoms with E-state index in [-0.39, 0.29) is 5.69 Å². The maximum atomic E-state index is 10.7. The molecule has 3 nitrogen and oxygen atoms in total. The van der Waals surface area contributed by atoms with Crippen molar-refractivity contribution in [2.24, 2.45) is 0 Å². The van der Waals surface area contributed by atoms with Crippen LogP contribution in [0, 0.1) is 0 Å². The number of carboxylic acid groups (broad SMARTS) is 1. The summed E-state index contributed by atoms with van der Waals surface area (Å²) >= 11 is 3.32. The zero-order valence-corrected chi connectivity index (χ0v) is 8.13. The molecule has 2 aromatic rings. The van der Waals surface area contributed by atoms with Crippen LogP contribution in [0.25, 0.3) is 10.8 Å². The molecule has 1 aromatic carbocycles. The molecular weight excluding hydrogens is 234 g/mol. The molecule has 0 aliphatic carbocycles. The van der Waals surface area contributed by atoms with Gasteiger partial charge >= 0.3 is 5.97 Å². The van der Waals surface area contributed by atoms with Gasteiger partial charge in [-0.05, 0) is 12.1 Å². The van der Waals surface area contributed by atoms with Crippen LogP contribution in [0.2, 0.25) is 0 Å².